The van der Waals surface area contributed by atoms with Gasteiger partial charge in [0.25, 0.3) is 0 Å². The predicted octanol–water partition coefficient (Wildman–Crippen LogP) is 2.21. The Hall–Kier alpha value is -1.73. The third-order valence-corrected chi connectivity index (χ3v) is 5.43. The second-order valence-electron chi connectivity index (χ2n) is 7.35. The molecule has 7 heteroatoms. The summed E-state index contributed by atoms with van der Waals surface area (Å²) >= 11 is 0. The molecule has 1 aromatic rings. The van der Waals surface area contributed by atoms with Crippen molar-refractivity contribution in [2.24, 2.45) is 0 Å². The second kappa shape index (κ2) is 7.25. The van der Waals surface area contributed by atoms with E-state index in [4.69, 9.17) is 9.47 Å². The van der Waals surface area contributed by atoms with Gasteiger partial charge in [-0.2, -0.15) is 0 Å². The lowest BCUT2D eigenvalue weighted by atomic mass is 9.90. The predicted molar refractivity (Wildman–Crippen MR) is 92.6 cm³/mol. The average Bonchev–Trinajstić information content (AvgIpc) is 2.90. The highest BCUT2D eigenvalue weighted by molar-refractivity contribution is 5.87. The number of rotatable bonds is 2. The van der Waals surface area contributed by atoms with E-state index in [0.717, 1.165) is 50.8 Å². The van der Waals surface area contributed by atoms with Crippen LogP contribution in [0.5, 0.6) is 0 Å². The Morgan fingerprint density at radius 1 is 1.24 bits per heavy atom. The Morgan fingerprint density at radius 2 is 2.16 bits per heavy atom. The molecule has 3 aliphatic rings. The van der Waals surface area contributed by atoms with Crippen molar-refractivity contribution in [3.05, 3.63) is 17.5 Å². The van der Waals surface area contributed by atoms with E-state index in [1.54, 1.807) is 0 Å². The second-order valence-corrected chi connectivity index (χ2v) is 7.35. The fourth-order valence-electron chi connectivity index (χ4n) is 4.05. The molecule has 2 unspecified atom stereocenters. The number of nitrogens with zero attached hydrogens (tertiary/aromatic N) is 2. The summed E-state index contributed by atoms with van der Waals surface area (Å²) in [5.41, 5.74) is 2.09. The number of carbonyl (C=O) groups excluding carboxylic acids is 1. The molecule has 2 saturated heterocycles. The molecule has 3 heterocycles. The van der Waals surface area contributed by atoms with Crippen molar-refractivity contribution < 1.29 is 14.3 Å². The van der Waals surface area contributed by atoms with E-state index in [1.807, 2.05) is 6.20 Å². The molecule has 1 spiro atoms. The third kappa shape index (κ3) is 3.93. The van der Waals surface area contributed by atoms with E-state index in [2.05, 4.69) is 20.6 Å². The maximum atomic E-state index is 12.3. The van der Waals surface area contributed by atoms with Crippen LogP contribution in [-0.4, -0.2) is 47.5 Å². The summed E-state index contributed by atoms with van der Waals surface area (Å²) in [7, 11) is 0. The number of ether oxygens (including phenoxy) is 2. The molecule has 0 bridgehead atoms. The minimum absolute atomic E-state index is 0.0938. The summed E-state index contributed by atoms with van der Waals surface area (Å²) in [4.78, 5) is 21.2. The standard InChI is InChI=1S/C18H26N4O3/c23-17(20-14-6-8-25-18(10-14)7-9-24-12-18)22-16-19-11-13-4-2-1-3-5-15(13)21-16/h11,14H,1-10,12H2,(H2,19,20,21,22,23). The summed E-state index contributed by atoms with van der Waals surface area (Å²) in [5, 5.41) is 5.84. The summed E-state index contributed by atoms with van der Waals surface area (Å²) in [5.74, 6) is 0.393. The van der Waals surface area contributed by atoms with Crippen LogP contribution in [0.3, 0.4) is 0 Å². The first-order valence-electron chi connectivity index (χ1n) is 9.36. The number of fused-ring (bicyclic) bond motifs is 1. The first-order valence-corrected chi connectivity index (χ1v) is 9.36. The number of nitrogens with one attached hydrogen (secondary N) is 2. The van der Waals surface area contributed by atoms with Gasteiger partial charge >= 0.3 is 6.03 Å². The zero-order chi connectivity index (χ0) is 17.1. The Balaban J connectivity index is 1.35. The highest BCUT2D eigenvalue weighted by Crippen LogP contribution is 2.32. The molecule has 2 amide bonds. The molecule has 4 rings (SSSR count). The largest absolute Gasteiger partial charge is 0.378 e. The molecule has 1 aliphatic carbocycles. The van der Waals surface area contributed by atoms with Crippen molar-refractivity contribution in [1.29, 1.82) is 0 Å². The van der Waals surface area contributed by atoms with Gasteiger partial charge in [-0.15, -0.1) is 0 Å². The topological polar surface area (TPSA) is 85.4 Å². The van der Waals surface area contributed by atoms with Crippen molar-refractivity contribution in [2.75, 3.05) is 25.1 Å². The number of aryl methyl sites for hydroxylation is 2. The highest BCUT2D eigenvalue weighted by atomic mass is 16.6. The Kier molecular flexibility index (Phi) is 4.85. The molecular formula is C18H26N4O3. The summed E-state index contributed by atoms with van der Waals surface area (Å²) in [6.07, 6.45) is 9.97. The van der Waals surface area contributed by atoms with Gasteiger partial charge in [-0.3, -0.25) is 5.32 Å². The minimum atomic E-state index is -0.241. The molecule has 2 aliphatic heterocycles. The van der Waals surface area contributed by atoms with Crippen LogP contribution in [0.25, 0.3) is 0 Å². The van der Waals surface area contributed by atoms with Gasteiger partial charge in [-0.1, -0.05) is 6.42 Å². The van der Waals surface area contributed by atoms with Crippen LogP contribution in [0.1, 0.15) is 49.8 Å². The molecule has 7 nitrogen and oxygen atoms in total. The molecule has 2 N–H and O–H groups in total. The monoisotopic (exact) mass is 346 g/mol. The fraction of sp³-hybridized carbons (Fsp3) is 0.722. The quantitative estimate of drug-likeness (QED) is 0.802. The molecule has 1 aromatic heterocycles. The lowest BCUT2D eigenvalue weighted by Crippen LogP contribution is -2.50. The lowest BCUT2D eigenvalue weighted by molar-refractivity contribution is -0.0877. The minimum Gasteiger partial charge on any atom is -0.378 e. The summed E-state index contributed by atoms with van der Waals surface area (Å²) < 4.78 is 11.4. The van der Waals surface area contributed by atoms with Gasteiger partial charge in [0.05, 0.1) is 12.2 Å². The molecule has 136 valence electrons. The first kappa shape index (κ1) is 16.7. The van der Waals surface area contributed by atoms with Crippen LogP contribution in [0.15, 0.2) is 6.20 Å². The number of amides is 2. The lowest BCUT2D eigenvalue weighted by Gasteiger charge is -2.37. The van der Waals surface area contributed by atoms with E-state index in [0.29, 0.717) is 19.2 Å². The van der Waals surface area contributed by atoms with Gasteiger partial charge in [-0.25, -0.2) is 14.8 Å². The summed E-state index contributed by atoms with van der Waals surface area (Å²) in [6, 6.07) is -0.147. The molecule has 2 atom stereocenters. The van der Waals surface area contributed by atoms with Gasteiger partial charge < -0.3 is 14.8 Å². The van der Waals surface area contributed by atoms with Crippen molar-refractivity contribution in [1.82, 2.24) is 15.3 Å². The maximum absolute atomic E-state index is 12.3. The number of carbonyl (C=O) groups is 1. The van der Waals surface area contributed by atoms with E-state index >= 15 is 0 Å². The van der Waals surface area contributed by atoms with E-state index in [-0.39, 0.29) is 17.7 Å². The van der Waals surface area contributed by atoms with Gasteiger partial charge in [0.1, 0.15) is 0 Å². The Bertz CT molecular complexity index is 631. The first-order chi connectivity index (χ1) is 12.2. The fourth-order valence-corrected chi connectivity index (χ4v) is 4.05. The van der Waals surface area contributed by atoms with Crippen LogP contribution in [-0.2, 0) is 22.3 Å². The third-order valence-electron chi connectivity index (χ3n) is 5.43. The van der Waals surface area contributed by atoms with E-state index < -0.39 is 0 Å². The number of urea groups is 1. The molecule has 0 radical (unpaired) electrons. The molecule has 0 saturated carbocycles. The van der Waals surface area contributed by atoms with Crippen LogP contribution in [0.4, 0.5) is 10.7 Å². The SMILES string of the molecule is O=C(Nc1ncc2c(n1)CCCCC2)NC1CCOC2(CCOC2)C1. The zero-order valence-corrected chi connectivity index (χ0v) is 14.6. The summed E-state index contributed by atoms with van der Waals surface area (Å²) in [6.45, 7) is 2.02. The number of anilines is 1. The zero-order valence-electron chi connectivity index (χ0n) is 14.6. The molecule has 0 aromatic carbocycles. The Labute approximate surface area is 147 Å². The highest BCUT2D eigenvalue weighted by Gasteiger charge is 2.41. The van der Waals surface area contributed by atoms with Crippen molar-refractivity contribution in [3.8, 4) is 0 Å². The number of aromatic nitrogens is 2. The van der Waals surface area contributed by atoms with Gasteiger partial charge in [-0.05, 0) is 44.1 Å². The number of hydrogen-bond acceptors (Lipinski definition) is 5. The van der Waals surface area contributed by atoms with Crippen LogP contribution >= 0.6 is 0 Å². The van der Waals surface area contributed by atoms with Crippen molar-refractivity contribution >= 4 is 12.0 Å². The van der Waals surface area contributed by atoms with E-state index in [9.17, 15) is 4.79 Å². The van der Waals surface area contributed by atoms with E-state index in [1.165, 1.54) is 18.4 Å². The maximum Gasteiger partial charge on any atom is 0.321 e. The number of hydrogen-bond donors (Lipinski definition) is 2. The van der Waals surface area contributed by atoms with Crippen LogP contribution < -0.4 is 10.6 Å². The van der Waals surface area contributed by atoms with Crippen LogP contribution in [0, 0.1) is 0 Å². The van der Waals surface area contributed by atoms with Crippen molar-refractivity contribution in [3.63, 3.8) is 0 Å². The van der Waals surface area contributed by atoms with Gasteiger partial charge in [0, 0.05) is 37.6 Å². The Morgan fingerprint density at radius 3 is 3.04 bits per heavy atom. The van der Waals surface area contributed by atoms with Crippen LogP contribution in [0.2, 0.25) is 0 Å². The smallest absolute Gasteiger partial charge is 0.321 e. The van der Waals surface area contributed by atoms with Gasteiger partial charge in [0.2, 0.25) is 5.95 Å². The normalized spacial score (nSPS) is 29.0. The average molecular weight is 346 g/mol. The molecular weight excluding hydrogens is 320 g/mol. The molecule has 2 fully saturated rings. The van der Waals surface area contributed by atoms with Gasteiger partial charge in [0.15, 0.2) is 0 Å². The van der Waals surface area contributed by atoms with Crippen molar-refractivity contribution in [2.45, 2.75) is 63.0 Å². The molecule has 25 heavy (non-hydrogen) atoms.